The first-order chi connectivity index (χ1) is 17.2. The zero-order valence-corrected chi connectivity index (χ0v) is 20.5. The molecule has 5 amide bonds. The summed E-state index contributed by atoms with van der Waals surface area (Å²) in [6.45, 7) is -0.281. The number of imide groups is 2. The van der Waals surface area contributed by atoms with E-state index >= 15 is 0 Å². The summed E-state index contributed by atoms with van der Waals surface area (Å²) in [6, 6.07) is 16.7. The van der Waals surface area contributed by atoms with E-state index in [2.05, 4.69) is 10.6 Å². The molecule has 0 saturated carbocycles. The molecule has 0 unspecified atom stereocenters. The van der Waals surface area contributed by atoms with Crippen molar-refractivity contribution in [1.82, 2.24) is 5.32 Å². The molecule has 1 aliphatic rings. The summed E-state index contributed by atoms with van der Waals surface area (Å²) < 4.78 is 5.48. The Morgan fingerprint density at radius 3 is 2.36 bits per heavy atom. The number of rotatable bonds is 6. The van der Waals surface area contributed by atoms with Crippen LogP contribution in [0.5, 0.6) is 5.75 Å². The maximum absolute atomic E-state index is 13.0. The first-order valence-electron chi connectivity index (χ1n) is 10.4. The molecule has 182 valence electrons. The number of barbiturate groups is 1. The molecule has 3 aromatic rings. The number of hydrogen-bond donors (Lipinski definition) is 2. The van der Waals surface area contributed by atoms with Gasteiger partial charge >= 0.3 is 6.03 Å². The maximum atomic E-state index is 13.0. The molecule has 0 spiro atoms. The van der Waals surface area contributed by atoms with Gasteiger partial charge in [0, 0.05) is 5.69 Å². The minimum Gasteiger partial charge on any atom is -0.482 e. The van der Waals surface area contributed by atoms with Crippen molar-refractivity contribution in [2.24, 2.45) is 0 Å². The molecule has 2 N–H and O–H groups in total. The Kier molecular flexibility index (Phi) is 7.59. The number of amides is 5. The topological polar surface area (TPSA) is 105 Å². The number of anilines is 2. The van der Waals surface area contributed by atoms with Gasteiger partial charge < -0.3 is 10.1 Å². The van der Waals surface area contributed by atoms with E-state index in [1.54, 1.807) is 30.3 Å². The Morgan fingerprint density at radius 1 is 0.917 bits per heavy atom. The summed E-state index contributed by atoms with van der Waals surface area (Å²) in [5, 5.41) is 5.34. The van der Waals surface area contributed by atoms with Gasteiger partial charge in [0.15, 0.2) is 6.61 Å². The van der Waals surface area contributed by atoms with Crippen molar-refractivity contribution in [3.05, 3.63) is 92.9 Å². The highest BCUT2D eigenvalue weighted by Gasteiger charge is 2.37. The molecule has 1 aliphatic heterocycles. The summed E-state index contributed by atoms with van der Waals surface area (Å²) in [5.74, 6) is -1.86. The standard InChI is InChI=1S/C25H16Cl3N3O5/c26-18-8-7-16(12-19(18)27)31-24(34)17(23(33)30-25(31)35)10-14-6-9-21(20(28)11-14)36-13-22(32)29-15-4-2-1-3-5-15/h1-12H,13H2,(H,29,32)(H,30,33,35)/b17-10+. The quantitative estimate of drug-likeness (QED) is 0.322. The first-order valence-corrected chi connectivity index (χ1v) is 11.5. The number of hydrogen-bond acceptors (Lipinski definition) is 5. The molecule has 0 aromatic heterocycles. The van der Waals surface area contributed by atoms with E-state index in [0.29, 0.717) is 11.3 Å². The molecule has 1 saturated heterocycles. The van der Waals surface area contributed by atoms with E-state index in [1.165, 1.54) is 36.4 Å². The fraction of sp³-hybridized carbons (Fsp3) is 0.0400. The number of carbonyl (C=O) groups is 4. The normalized spacial score (nSPS) is 14.6. The molecule has 11 heteroatoms. The van der Waals surface area contributed by atoms with Crippen LogP contribution >= 0.6 is 34.8 Å². The predicted molar refractivity (Wildman–Crippen MR) is 137 cm³/mol. The third-order valence-electron chi connectivity index (χ3n) is 4.95. The molecule has 4 rings (SSSR count). The van der Waals surface area contributed by atoms with Crippen molar-refractivity contribution in [1.29, 1.82) is 0 Å². The number of benzene rings is 3. The zero-order chi connectivity index (χ0) is 25.8. The van der Waals surface area contributed by atoms with Gasteiger partial charge in [-0.1, -0.05) is 59.1 Å². The summed E-state index contributed by atoms with van der Waals surface area (Å²) in [5.41, 5.74) is 0.861. The molecular weight excluding hydrogens is 529 g/mol. The Labute approximate surface area is 220 Å². The van der Waals surface area contributed by atoms with Crippen LogP contribution in [0.4, 0.5) is 16.2 Å². The minimum atomic E-state index is -0.920. The maximum Gasteiger partial charge on any atom is 0.335 e. The number of carbonyl (C=O) groups excluding carboxylic acids is 4. The molecule has 1 heterocycles. The minimum absolute atomic E-state index is 0.136. The SMILES string of the molecule is O=C(COc1ccc(/C=C2\C(=O)NC(=O)N(c3ccc(Cl)c(Cl)c3)C2=O)cc1Cl)Nc1ccccc1. The van der Waals surface area contributed by atoms with Crippen LogP contribution in [0.1, 0.15) is 5.56 Å². The molecular formula is C25H16Cl3N3O5. The van der Waals surface area contributed by atoms with E-state index in [1.807, 2.05) is 6.07 Å². The monoisotopic (exact) mass is 543 g/mol. The van der Waals surface area contributed by atoms with E-state index in [0.717, 1.165) is 4.90 Å². The van der Waals surface area contributed by atoms with Gasteiger partial charge in [-0.3, -0.25) is 19.7 Å². The Bertz CT molecular complexity index is 1410. The van der Waals surface area contributed by atoms with Gasteiger partial charge in [0.05, 0.1) is 20.8 Å². The summed E-state index contributed by atoms with van der Waals surface area (Å²) >= 11 is 18.2. The van der Waals surface area contributed by atoms with Gasteiger partial charge in [-0.05, 0) is 54.1 Å². The van der Waals surface area contributed by atoms with Crippen molar-refractivity contribution >= 4 is 76.0 Å². The number of urea groups is 1. The van der Waals surface area contributed by atoms with Crippen LogP contribution in [-0.2, 0) is 14.4 Å². The van der Waals surface area contributed by atoms with Gasteiger partial charge in [-0.2, -0.15) is 0 Å². The molecule has 0 atom stereocenters. The van der Waals surface area contributed by atoms with Gasteiger partial charge in [-0.15, -0.1) is 0 Å². The lowest BCUT2D eigenvalue weighted by molar-refractivity contribution is -0.122. The predicted octanol–water partition coefficient (Wildman–Crippen LogP) is 5.33. The van der Waals surface area contributed by atoms with Crippen LogP contribution in [0.2, 0.25) is 15.1 Å². The number of ether oxygens (including phenoxy) is 1. The molecule has 36 heavy (non-hydrogen) atoms. The van der Waals surface area contributed by atoms with Crippen molar-refractivity contribution in [3.63, 3.8) is 0 Å². The van der Waals surface area contributed by atoms with Crippen molar-refractivity contribution in [2.75, 3.05) is 16.8 Å². The first kappa shape index (κ1) is 25.2. The lowest BCUT2D eigenvalue weighted by Gasteiger charge is -2.26. The molecule has 1 fully saturated rings. The van der Waals surface area contributed by atoms with Crippen LogP contribution in [0, 0.1) is 0 Å². The smallest absolute Gasteiger partial charge is 0.335 e. The van der Waals surface area contributed by atoms with Gasteiger partial charge in [-0.25, -0.2) is 9.69 Å². The molecule has 8 nitrogen and oxygen atoms in total. The highest BCUT2D eigenvalue weighted by Crippen LogP contribution is 2.30. The van der Waals surface area contributed by atoms with Gasteiger partial charge in [0.1, 0.15) is 11.3 Å². The van der Waals surface area contributed by atoms with Crippen LogP contribution in [0.15, 0.2) is 72.3 Å². The molecule has 0 radical (unpaired) electrons. The number of para-hydroxylation sites is 1. The molecule has 3 aromatic carbocycles. The zero-order valence-electron chi connectivity index (χ0n) is 18.3. The van der Waals surface area contributed by atoms with Crippen LogP contribution < -0.4 is 20.3 Å². The lowest BCUT2D eigenvalue weighted by Crippen LogP contribution is -2.54. The van der Waals surface area contributed by atoms with Gasteiger partial charge in [0.25, 0.3) is 17.7 Å². The van der Waals surface area contributed by atoms with E-state index in [9.17, 15) is 19.2 Å². The molecule has 0 aliphatic carbocycles. The summed E-state index contributed by atoms with van der Waals surface area (Å²) in [7, 11) is 0. The Morgan fingerprint density at radius 2 is 1.67 bits per heavy atom. The summed E-state index contributed by atoms with van der Waals surface area (Å²) in [4.78, 5) is 50.6. The van der Waals surface area contributed by atoms with Crippen molar-refractivity contribution in [2.45, 2.75) is 0 Å². The Balaban J connectivity index is 1.50. The van der Waals surface area contributed by atoms with E-state index < -0.39 is 17.8 Å². The van der Waals surface area contributed by atoms with Crippen molar-refractivity contribution in [3.8, 4) is 5.75 Å². The Hall–Kier alpha value is -3.85. The van der Waals surface area contributed by atoms with E-state index in [4.69, 9.17) is 39.5 Å². The van der Waals surface area contributed by atoms with Crippen LogP contribution in [-0.4, -0.2) is 30.4 Å². The number of nitrogens with zero attached hydrogens (tertiary/aromatic N) is 1. The van der Waals surface area contributed by atoms with Gasteiger partial charge in [0.2, 0.25) is 0 Å². The second-order valence-electron chi connectivity index (χ2n) is 7.45. The van der Waals surface area contributed by atoms with E-state index in [-0.39, 0.29) is 44.6 Å². The van der Waals surface area contributed by atoms with Crippen LogP contribution in [0.3, 0.4) is 0 Å². The third-order valence-corrected chi connectivity index (χ3v) is 5.98. The second kappa shape index (κ2) is 10.8. The van der Waals surface area contributed by atoms with Crippen LogP contribution in [0.25, 0.3) is 6.08 Å². The molecule has 0 bridgehead atoms. The fourth-order valence-electron chi connectivity index (χ4n) is 3.27. The second-order valence-corrected chi connectivity index (χ2v) is 8.67. The average Bonchev–Trinajstić information content (AvgIpc) is 2.84. The summed E-state index contributed by atoms with van der Waals surface area (Å²) in [6.07, 6.45) is 1.28. The number of nitrogens with one attached hydrogen (secondary N) is 2. The van der Waals surface area contributed by atoms with Crippen molar-refractivity contribution < 1.29 is 23.9 Å². The number of halogens is 3. The average molecular weight is 545 g/mol. The lowest BCUT2D eigenvalue weighted by atomic mass is 10.1. The third kappa shape index (κ3) is 5.68. The fourth-order valence-corrected chi connectivity index (χ4v) is 3.80. The highest BCUT2D eigenvalue weighted by molar-refractivity contribution is 6.43. The highest BCUT2D eigenvalue weighted by atomic mass is 35.5. The largest absolute Gasteiger partial charge is 0.482 e.